The molecule has 2 rings (SSSR count). The molecule has 0 bridgehead atoms. The molecule has 0 saturated heterocycles. The van der Waals surface area contributed by atoms with E-state index in [0.717, 1.165) is 18.2 Å². The van der Waals surface area contributed by atoms with E-state index in [1.54, 1.807) is 18.2 Å². The molecule has 0 aliphatic heterocycles. The summed E-state index contributed by atoms with van der Waals surface area (Å²) in [6.07, 6.45) is 1.54. The number of nitrogens with one attached hydrogen (secondary N) is 1. The maximum absolute atomic E-state index is 13.0. The molecule has 0 aliphatic rings. The van der Waals surface area contributed by atoms with Crippen molar-refractivity contribution in [1.29, 1.82) is 0 Å². The minimum absolute atomic E-state index is 0.0775. The second-order valence-electron chi connectivity index (χ2n) is 3.26. The Labute approximate surface area is 96.1 Å². The lowest BCUT2D eigenvalue weighted by Gasteiger charge is -2.05. The number of aromatic nitrogens is 1. The molecular weight excluding hydrogens is 225 g/mol. The molecule has 0 spiro atoms. The van der Waals surface area contributed by atoms with Crippen LogP contribution in [0.1, 0.15) is 0 Å². The summed E-state index contributed by atoms with van der Waals surface area (Å²) in [5.41, 5.74) is -0.120. The lowest BCUT2D eigenvalue weighted by Crippen LogP contribution is -1.98. The quantitative estimate of drug-likeness (QED) is 0.653. The number of nitrogens with zero attached hydrogens (tertiary/aromatic N) is 2. The van der Waals surface area contributed by atoms with Crippen LogP contribution < -0.4 is 5.32 Å². The van der Waals surface area contributed by atoms with Crippen LogP contribution in [0.5, 0.6) is 0 Å². The summed E-state index contributed by atoms with van der Waals surface area (Å²) in [7, 11) is 0. The number of benzene rings is 1. The van der Waals surface area contributed by atoms with E-state index >= 15 is 0 Å². The summed E-state index contributed by atoms with van der Waals surface area (Å²) >= 11 is 0. The Morgan fingerprint density at radius 3 is 2.76 bits per heavy atom. The highest BCUT2D eigenvalue weighted by atomic mass is 19.1. The van der Waals surface area contributed by atoms with Crippen LogP contribution >= 0.6 is 0 Å². The summed E-state index contributed by atoms with van der Waals surface area (Å²) < 4.78 is 13.0. The van der Waals surface area contributed by atoms with Crippen molar-refractivity contribution in [2.45, 2.75) is 0 Å². The number of rotatable bonds is 3. The van der Waals surface area contributed by atoms with Gasteiger partial charge < -0.3 is 5.32 Å². The van der Waals surface area contributed by atoms with E-state index in [2.05, 4.69) is 10.3 Å². The zero-order valence-electron chi connectivity index (χ0n) is 8.63. The van der Waals surface area contributed by atoms with Crippen LogP contribution in [-0.2, 0) is 0 Å². The Morgan fingerprint density at radius 1 is 1.29 bits per heavy atom. The third kappa shape index (κ3) is 2.54. The number of nitro benzene ring substituents is 1. The van der Waals surface area contributed by atoms with Crippen molar-refractivity contribution in [3.8, 4) is 0 Å². The summed E-state index contributed by atoms with van der Waals surface area (Å²) in [6, 6.07) is 8.29. The zero-order valence-corrected chi connectivity index (χ0v) is 8.63. The highest BCUT2D eigenvalue weighted by Gasteiger charge is 2.14. The topological polar surface area (TPSA) is 68.1 Å². The second-order valence-corrected chi connectivity index (χ2v) is 3.26. The highest BCUT2D eigenvalue weighted by Crippen LogP contribution is 2.27. The predicted molar refractivity (Wildman–Crippen MR) is 60.6 cm³/mol. The molecule has 86 valence electrons. The SMILES string of the molecule is O=[N+]([O-])c1ccc(F)cc1Nc1ccccn1. The van der Waals surface area contributed by atoms with E-state index in [1.807, 2.05) is 0 Å². The van der Waals surface area contributed by atoms with Crippen LogP contribution in [0.3, 0.4) is 0 Å². The van der Waals surface area contributed by atoms with Crippen molar-refractivity contribution in [3.63, 3.8) is 0 Å². The van der Waals surface area contributed by atoms with Gasteiger partial charge in [-0.15, -0.1) is 0 Å². The Kier molecular flexibility index (Phi) is 2.95. The van der Waals surface area contributed by atoms with Gasteiger partial charge in [0, 0.05) is 18.3 Å². The molecule has 1 aromatic heterocycles. The van der Waals surface area contributed by atoms with Gasteiger partial charge in [-0.3, -0.25) is 10.1 Å². The molecular formula is C11H8FN3O2. The fourth-order valence-electron chi connectivity index (χ4n) is 1.34. The van der Waals surface area contributed by atoms with E-state index < -0.39 is 10.7 Å². The largest absolute Gasteiger partial charge is 0.335 e. The van der Waals surface area contributed by atoms with Gasteiger partial charge in [0.05, 0.1) is 4.92 Å². The lowest BCUT2D eigenvalue weighted by molar-refractivity contribution is -0.384. The summed E-state index contributed by atoms with van der Waals surface area (Å²) in [5, 5.41) is 13.4. The summed E-state index contributed by atoms with van der Waals surface area (Å²) in [5.74, 6) is -0.129. The summed E-state index contributed by atoms with van der Waals surface area (Å²) in [6.45, 7) is 0. The van der Waals surface area contributed by atoms with Crippen molar-refractivity contribution >= 4 is 17.2 Å². The minimum Gasteiger partial charge on any atom is -0.335 e. The Bertz CT molecular complexity index is 546. The summed E-state index contributed by atoms with van der Waals surface area (Å²) in [4.78, 5) is 14.1. The van der Waals surface area contributed by atoms with E-state index in [0.29, 0.717) is 5.82 Å². The van der Waals surface area contributed by atoms with Gasteiger partial charge in [0.1, 0.15) is 17.3 Å². The molecule has 0 saturated carbocycles. The molecule has 1 N–H and O–H groups in total. The van der Waals surface area contributed by atoms with Crippen LogP contribution in [-0.4, -0.2) is 9.91 Å². The third-order valence-corrected chi connectivity index (χ3v) is 2.08. The number of hydrogen-bond acceptors (Lipinski definition) is 4. The third-order valence-electron chi connectivity index (χ3n) is 2.08. The number of pyridine rings is 1. The molecule has 6 heteroatoms. The standard InChI is InChI=1S/C11H8FN3O2/c12-8-4-5-10(15(16)17)9(7-8)14-11-3-1-2-6-13-11/h1-7H,(H,13,14). The Balaban J connectivity index is 2.37. The molecule has 2 aromatic rings. The van der Waals surface area contributed by atoms with E-state index in [4.69, 9.17) is 0 Å². The van der Waals surface area contributed by atoms with Gasteiger partial charge in [-0.1, -0.05) is 6.07 Å². The molecule has 5 nitrogen and oxygen atoms in total. The molecule has 1 aromatic carbocycles. The first-order valence-corrected chi connectivity index (χ1v) is 4.79. The second kappa shape index (κ2) is 4.56. The molecule has 17 heavy (non-hydrogen) atoms. The average Bonchev–Trinajstić information content (AvgIpc) is 2.30. The van der Waals surface area contributed by atoms with Crippen molar-refractivity contribution < 1.29 is 9.31 Å². The van der Waals surface area contributed by atoms with Crippen molar-refractivity contribution in [2.24, 2.45) is 0 Å². The first-order valence-electron chi connectivity index (χ1n) is 4.79. The van der Waals surface area contributed by atoms with Gasteiger partial charge in [-0.25, -0.2) is 9.37 Å². The Morgan fingerprint density at radius 2 is 2.12 bits per heavy atom. The minimum atomic E-state index is -0.579. The fourth-order valence-corrected chi connectivity index (χ4v) is 1.34. The number of anilines is 2. The molecule has 0 aliphatic carbocycles. The van der Waals surface area contributed by atoms with E-state index in [1.165, 1.54) is 6.20 Å². The van der Waals surface area contributed by atoms with Crippen LogP contribution in [0.4, 0.5) is 21.6 Å². The number of nitro groups is 1. The Hall–Kier alpha value is -2.50. The van der Waals surface area contributed by atoms with Gasteiger partial charge in [0.25, 0.3) is 5.69 Å². The van der Waals surface area contributed by atoms with Gasteiger partial charge in [-0.2, -0.15) is 0 Å². The van der Waals surface area contributed by atoms with Gasteiger partial charge in [0.15, 0.2) is 0 Å². The van der Waals surface area contributed by atoms with Crippen molar-refractivity contribution in [1.82, 2.24) is 4.98 Å². The first kappa shape index (κ1) is 11.0. The number of hydrogen-bond donors (Lipinski definition) is 1. The molecule has 0 fully saturated rings. The molecule has 0 atom stereocenters. The van der Waals surface area contributed by atoms with Crippen molar-refractivity contribution in [2.75, 3.05) is 5.32 Å². The van der Waals surface area contributed by atoms with E-state index in [9.17, 15) is 14.5 Å². The maximum atomic E-state index is 13.0. The zero-order chi connectivity index (χ0) is 12.3. The molecule has 1 heterocycles. The molecule has 0 unspecified atom stereocenters. The van der Waals surface area contributed by atoms with Crippen LogP contribution in [0, 0.1) is 15.9 Å². The van der Waals surface area contributed by atoms with Crippen molar-refractivity contribution in [3.05, 3.63) is 58.5 Å². The maximum Gasteiger partial charge on any atom is 0.292 e. The van der Waals surface area contributed by atoms with E-state index in [-0.39, 0.29) is 11.4 Å². The highest BCUT2D eigenvalue weighted by molar-refractivity contribution is 5.67. The average molecular weight is 233 g/mol. The normalized spacial score (nSPS) is 9.94. The molecule has 0 amide bonds. The monoisotopic (exact) mass is 233 g/mol. The fraction of sp³-hybridized carbons (Fsp3) is 0. The van der Waals surface area contributed by atoms with Gasteiger partial charge in [0.2, 0.25) is 0 Å². The smallest absolute Gasteiger partial charge is 0.292 e. The first-order chi connectivity index (χ1) is 8.16. The van der Waals surface area contributed by atoms with Crippen LogP contribution in [0.15, 0.2) is 42.6 Å². The van der Waals surface area contributed by atoms with Gasteiger partial charge in [-0.05, 0) is 18.2 Å². The van der Waals surface area contributed by atoms with Crippen LogP contribution in [0.25, 0.3) is 0 Å². The molecule has 0 radical (unpaired) electrons. The lowest BCUT2D eigenvalue weighted by atomic mass is 10.2. The predicted octanol–water partition coefficient (Wildman–Crippen LogP) is 2.87. The number of halogens is 1. The van der Waals surface area contributed by atoms with Crippen LogP contribution in [0.2, 0.25) is 0 Å². The van der Waals surface area contributed by atoms with Gasteiger partial charge >= 0.3 is 0 Å².